The summed E-state index contributed by atoms with van der Waals surface area (Å²) in [5.74, 6) is 1.90. The Balaban J connectivity index is 1.14. The maximum Gasteiger partial charge on any atom is 0.255 e. The molecule has 4 aromatic rings. The number of benzene rings is 3. The standard InChI is InChI=1S/C31H36N6O4/c1-35(2)26-11-9-22(10-12-26)31(38)32-27-7-5-6-8-28(27)41-21-25-20-37(34-33-25)16-15-36-14-13-23-17-29(39-3)30(40-4)18-24(23)19-36/h5-12,17-18,20H,13-16,19,21H2,1-4H3,(H,32,38). The Morgan fingerprint density at radius 1 is 0.951 bits per heavy atom. The minimum Gasteiger partial charge on any atom is -0.493 e. The third kappa shape index (κ3) is 6.78. The largest absolute Gasteiger partial charge is 0.493 e. The number of nitrogens with zero attached hydrogens (tertiary/aromatic N) is 5. The molecule has 0 spiro atoms. The second-order valence-electron chi connectivity index (χ2n) is 10.2. The first-order valence-electron chi connectivity index (χ1n) is 13.6. The highest BCUT2D eigenvalue weighted by atomic mass is 16.5. The number of amides is 1. The number of aromatic nitrogens is 3. The quantitative estimate of drug-likeness (QED) is 0.293. The van der Waals surface area contributed by atoms with Crippen molar-refractivity contribution in [3.63, 3.8) is 0 Å². The van der Waals surface area contributed by atoms with Crippen LogP contribution in [0.3, 0.4) is 0 Å². The molecule has 1 aromatic heterocycles. The van der Waals surface area contributed by atoms with E-state index in [1.807, 2.05) is 78.4 Å². The molecule has 0 unspecified atom stereocenters. The van der Waals surface area contributed by atoms with E-state index in [4.69, 9.17) is 14.2 Å². The van der Waals surface area contributed by atoms with Crippen molar-refractivity contribution >= 4 is 17.3 Å². The predicted molar refractivity (Wildman–Crippen MR) is 158 cm³/mol. The van der Waals surface area contributed by atoms with Crippen LogP contribution in [0.1, 0.15) is 27.2 Å². The predicted octanol–water partition coefficient (Wildman–Crippen LogP) is 4.25. The Morgan fingerprint density at radius 2 is 1.68 bits per heavy atom. The molecule has 0 bridgehead atoms. The molecule has 0 fully saturated rings. The smallest absolute Gasteiger partial charge is 0.255 e. The lowest BCUT2D eigenvalue weighted by Crippen LogP contribution is -2.33. The van der Waals surface area contributed by atoms with Crippen LogP contribution in [0, 0.1) is 0 Å². The summed E-state index contributed by atoms with van der Waals surface area (Å²) in [7, 11) is 7.26. The van der Waals surface area contributed by atoms with Gasteiger partial charge in [0, 0.05) is 45.0 Å². The van der Waals surface area contributed by atoms with Gasteiger partial charge in [-0.15, -0.1) is 5.10 Å². The van der Waals surface area contributed by atoms with Gasteiger partial charge in [-0.1, -0.05) is 17.3 Å². The Labute approximate surface area is 240 Å². The number of para-hydroxylation sites is 2. The second kappa shape index (κ2) is 12.7. The van der Waals surface area contributed by atoms with E-state index in [2.05, 4.69) is 32.7 Å². The summed E-state index contributed by atoms with van der Waals surface area (Å²) in [6.07, 6.45) is 2.86. The van der Waals surface area contributed by atoms with Gasteiger partial charge in [0.15, 0.2) is 11.5 Å². The molecule has 1 N–H and O–H groups in total. The minimum absolute atomic E-state index is 0.199. The highest BCUT2D eigenvalue weighted by molar-refractivity contribution is 6.05. The van der Waals surface area contributed by atoms with Crippen LogP contribution in [0.2, 0.25) is 0 Å². The number of rotatable bonds is 11. The number of carbonyl (C=O) groups excluding carboxylic acids is 1. The van der Waals surface area contributed by atoms with Crippen molar-refractivity contribution in [1.82, 2.24) is 19.9 Å². The van der Waals surface area contributed by atoms with Gasteiger partial charge in [0.05, 0.1) is 32.6 Å². The highest BCUT2D eigenvalue weighted by Gasteiger charge is 2.19. The van der Waals surface area contributed by atoms with Gasteiger partial charge in [-0.05, 0) is 66.1 Å². The Morgan fingerprint density at radius 3 is 2.41 bits per heavy atom. The fraction of sp³-hybridized carbons (Fsp3) is 0.323. The minimum atomic E-state index is -0.199. The van der Waals surface area contributed by atoms with E-state index in [-0.39, 0.29) is 12.5 Å². The molecule has 0 saturated heterocycles. The van der Waals surface area contributed by atoms with Gasteiger partial charge in [-0.25, -0.2) is 0 Å². The summed E-state index contributed by atoms with van der Waals surface area (Å²) >= 11 is 0. The van der Waals surface area contributed by atoms with Crippen molar-refractivity contribution in [2.75, 3.05) is 51.6 Å². The van der Waals surface area contributed by atoms with Crippen LogP contribution < -0.4 is 24.4 Å². The third-order valence-corrected chi connectivity index (χ3v) is 7.19. The number of anilines is 2. The van der Waals surface area contributed by atoms with Crippen molar-refractivity contribution in [1.29, 1.82) is 0 Å². The fourth-order valence-electron chi connectivity index (χ4n) is 4.84. The molecular formula is C31H36N6O4. The summed E-state index contributed by atoms with van der Waals surface area (Å²) in [6.45, 7) is 3.62. The zero-order valence-corrected chi connectivity index (χ0v) is 24.0. The number of hydrogen-bond acceptors (Lipinski definition) is 8. The normalized spacial score (nSPS) is 12.9. The molecule has 0 atom stereocenters. The van der Waals surface area contributed by atoms with Crippen LogP contribution in [0.25, 0.3) is 0 Å². The van der Waals surface area contributed by atoms with Crippen molar-refractivity contribution < 1.29 is 19.0 Å². The van der Waals surface area contributed by atoms with E-state index in [0.29, 0.717) is 22.7 Å². The van der Waals surface area contributed by atoms with Crippen LogP contribution >= 0.6 is 0 Å². The van der Waals surface area contributed by atoms with E-state index in [1.165, 1.54) is 11.1 Å². The van der Waals surface area contributed by atoms with Crippen molar-refractivity contribution in [2.24, 2.45) is 0 Å². The van der Waals surface area contributed by atoms with Crippen LogP contribution in [-0.2, 0) is 26.1 Å². The lowest BCUT2D eigenvalue weighted by Gasteiger charge is -2.29. The van der Waals surface area contributed by atoms with E-state index in [1.54, 1.807) is 14.2 Å². The summed E-state index contributed by atoms with van der Waals surface area (Å²) in [6, 6.07) is 19.0. The first-order chi connectivity index (χ1) is 19.9. The topological polar surface area (TPSA) is 94.0 Å². The lowest BCUT2D eigenvalue weighted by atomic mass is 9.99. The second-order valence-corrected chi connectivity index (χ2v) is 10.2. The molecule has 3 aromatic carbocycles. The molecule has 0 saturated carbocycles. The summed E-state index contributed by atoms with van der Waals surface area (Å²) in [5, 5.41) is 11.5. The number of carbonyl (C=O) groups is 1. The van der Waals surface area contributed by atoms with Crippen molar-refractivity contribution in [2.45, 2.75) is 26.1 Å². The lowest BCUT2D eigenvalue weighted by molar-refractivity contribution is 0.102. The number of fused-ring (bicyclic) bond motifs is 1. The van der Waals surface area contributed by atoms with Gasteiger partial charge < -0.3 is 24.4 Å². The van der Waals surface area contributed by atoms with Crippen LogP contribution in [0.5, 0.6) is 17.2 Å². The average Bonchev–Trinajstić information content (AvgIpc) is 3.46. The maximum absolute atomic E-state index is 12.8. The van der Waals surface area contributed by atoms with Gasteiger partial charge in [0.25, 0.3) is 5.91 Å². The van der Waals surface area contributed by atoms with Gasteiger partial charge in [-0.2, -0.15) is 0 Å². The van der Waals surface area contributed by atoms with E-state index in [9.17, 15) is 4.79 Å². The van der Waals surface area contributed by atoms with Gasteiger partial charge in [-0.3, -0.25) is 14.4 Å². The Bertz CT molecular complexity index is 1480. The van der Waals surface area contributed by atoms with Gasteiger partial charge in [0.1, 0.15) is 18.1 Å². The molecule has 41 heavy (non-hydrogen) atoms. The van der Waals surface area contributed by atoms with E-state index >= 15 is 0 Å². The molecule has 0 aliphatic carbocycles. The van der Waals surface area contributed by atoms with E-state index < -0.39 is 0 Å². The molecule has 214 valence electrons. The molecule has 1 amide bonds. The Hall–Kier alpha value is -4.57. The molecule has 10 nitrogen and oxygen atoms in total. The van der Waals surface area contributed by atoms with E-state index in [0.717, 1.165) is 49.8 Å². The molecular weight excluding hydrogens is 520 g/mol. The van der Waals surface area contributed by atoms with Gasteiger partial charge in [0.2, 0.25) is 0 Å². The number of ether oxygens (including phenoxy) is 3. The monoisotopic (exact) mass is 556 g/mol. The zero-order chi connectivity index (χ0) is 28.8. The van der Waals surface area contributed by atoms with Crippen LogP contribution in [-0.4, -0.2) is 67.2 Å². The highest BCUT2D eigenvalue weighted by Crippen LogP contribution is 2.33. The fourth-order valence-corrected chi connectivity index (χ4v) is 4.84. The molecule has 1 aliphatic heterocycles. The van der Waals surface area contributed by atoms with Crippen molar-refractivity contribution in [3.8, 4) is 17.2 Å². The summed E-state index contributed by atoms with van der Waals surface area (Å²) < 4.78 is 18.8. The number of nitrogens with one attached hydrogen (secondary N) is 1. The molecule has 0 radical (unpaired) electrons. The first kappa shape index (κ1) is 28.0. The SMILES string of the molecule is COc1cc2c(cc1OC)CN(CCn1cc(COc3ccccc3NC(=O)c3ccc(N(C)C)cc3)nn1)CC2. The van der Waals surface area contributed by atoms with Crippen LogP contribution in [0.15, 0.2) is 66.9 Å². The number of methoxy groups -OCH3 is 2. The molecule has 1 aliphatic rings. The average molecular weight is 557 g/mol. The first-order valence-corrected chi connectivity index (χ1v) is 13.6. The third-order valence-electron chi connectivity index (χ3n) is 7.19. The molecule has 5 rings (SSSR count). The molecule has 2 heterocycles. The summed E-state index contributed by atoms with van der Waals surface area (Å²) in [4.78, 5) is 17.2. The maximum atomic E-state index is 12.8. The Kier molecular flexibility index (Phi) is 8.69. The van der Waals surface area contributed by atoms with Gasteiger partial charge >= 0.3 is 0 Å². The zero-order valence-electron chi connectivity index (χ0n) is 24.0. The van der Waals surface area contributed by atoms with Crippen LogP contribution in [0.4, 0.5) is 11.4 Å². The number of hydrogen-bond donors (Lipinski definition) is 1. The van der Waals surface area contributed by atoms with Crippen molar-refractivity contribution in [3.05, 3.63) is 89.2 Å². The summed E-state index contributed by atoms with van der Waals surface area (Å²) in [5.41, 5.74) is 5.48. The molecule has 10 heteroatoms.